The van der Waals surface area contributed by atoms with E-state index >= 15 is 0 Å². The van der Waals surface area contributed by atoms with Gasteiger partial charge in [0.25, 0.3) is 5.91 Å². The number of benzene rings is 1. The summed E-state index contributed by atoms with van der Waals surface area (Å²) in [6.07, 6.45) is 7.10. The van der Waals surface area contributed by atoms with Crippen LogP contribution in [-0.2, 0) is 17.0 Å². The molecule has 3 aromatic rings. The molecule has 4 rings (SSSR count). The van der Waals surface area contributed by atoms with Crippen molar-refractivity contribution in [1.29, 1.82) is 0 Å². The lowest BCUT2D eigenvalue weighted by molar-refractivity contribution is -0.111. The van der Waals surface area contributed by atoms with Gasteiger partial charge < -0.3 is 14.6 Å². The summed E-state index contributed by atoms with van der Waals surface area (Å²) in [7, 11) is 0. The number of aromatic nitrogens is 1. The largest absolute Gasteiger partial charge is 0.468 e. The lowest BCUT2D eigenvalue weighted by Gasteiger charge is -2.17. The molecule has 146 valence electrons. The van der Waals surface area contributed by atoms with Gasteiger partial charge in [-0.05, 0) is 59.9 Å². The van der Waals surface area contributed by atoms with Gasteiger partial charge in [-0.2, -0.15) is 0 Å². The molecule has 1 aliphatic heterocycles. The highest BCUT2D eigenvalue weighted by Gasteiger charge is 2.25. The minimum Gasteiger partial charge on any atom is -0.468 e. The third-order valence-corrected chi connectivity index (χ3v) is 5.30. The van der Waals surface area contributed by atoms with Crippen LogP contribution >= 0.6 is 11.8 Å². The van der Waals surface area contributed by atoms with Gasteiger partial charge >= 0.3 is 0 Å². The van der Waals surface area contributed by atoms with Gasteiger partial charge in [-0.3, -0.25) is 14.6 Å². The number of amides is 2. The number of anilines is 2. The Morgan fingerprint density at radius 1 is 1.24 bits per heavy atom. The van der Waals surface area contributed by atoms with E-state index in [1.54, 1.807) is 41.1 Å². The van der Waals surface area contributed by atoms with E-state index in [0.717, 1.165) is 23.4 Å². The molecule has 2 aromatic heterocycles. The quantitative estimate of drug-likeness (QED) is 0.620. The maximum absolute atomic E-state index is 12.7. The molecule has 0 saturated heterocycles. The number of pyridine rings is 1. The standard InChI is InChI=1S/C22H19N3O3S/c26-21(8-12-29-15-19-4-2-11-28-19)24-18-5-6-20-16(13-18)7-10-25(20)22(27)17-3-1-9-23-14-17/h1-6,8-9,11-14H,7,10,15H2,(H,24,26)/b12-8+. The minimum atomic E-state index is -0.196. The third-order valence-electron chi connectivity index (χ3n) is 4.52. The summed E-state index contributed by atoms with van der Waals surface area (Å²) in [5.74, 6) is 1.28. The molecular weight excluding hydrogens is 386 g/mol. The van der Waals surface area contributed by atoms with Crippen molar-refractivity contribution in [2.75, 3.05) is 16.8 Å². The Morgan fingerprint density at radius 2 is 2.17 bits per heavy atom. The first-order chi connectivity index (χ1) is 14.2. The second-order valence-electron chi connectivity index (χ2n) is 6.47. The highest BCUT2D eigenvalue weighted by Crippen LogP contribution is 2.31. The van der Waals surface area contributed by atoms with Crippen LogP contribution < -0.4 is 10.2 Å². The number of carbonyl (C=O) groups is 2. The first-order valence-electron chi connectivity index (χ1n) is 9.17. The second-order valence-corrected chi connectivity index (χ2v) is 7.37. The number of furan rings is 1. The van der Waals surface area contributed by atoms with E-state index in [2.05, 4.69) is 10.3 Å². The van der Waals surface area contributed by atoms with Crippen molar-refractivity contribution < 1.29 is 14.0 Å². The number of hydrogen-bond donors (Lipinski definition) is 1. The van der Waals surface area contributed by atoms with Gasteiger partial charge in [0.2, 0.25) is 5.91 Å². The monoisotopic (exact) mass is 405 g/mol. The second kappa shape index (κ2) is 8.79. The number of nitrogens with zero attached hydrogens (tertiary/aromatic N) is 2. The smallest absolute Gasteiger partial charge is 0.259 e. The van der Waals surface area contributed by atoms with Crippen molar-refractivity contribution in [3.8, 4) is 0 Å². The van der Waals surface area contributed by atoms with Crippen molar-refractivity contribution in [2.45, 2.75) is 12.2 Å². The van der Waals surface area contributed by atoms with E-state index in [4.69, 9.17) is 4.42 Å². The van der Waals surface area contributed by atoms with Gasteiger partial charge in [-0.15, -0.1) is 11.8 Å². The van der Waals surface area contributed by atoms with Crippen LogP contribution in [0.5, 0.6) is 0 Å². The van der Waals surface area contributed by atoms with E-state index in [1.165, 1.54) is 17.8 Å². The molecule has 0 radical (unpaired) electrons. The molecule has 0 atom stereocenters. The molecule has 1 aromatic carbocycles. The molecule has 1 N–H and O–H groups in total. The zero-order valence-electron chi connectivity index (χ0n) is 15.6. The molecule has 0 spiro atoms. The van der Waals surface area contributed by atoms with Gasteiger partial charge in [0.1, 0.15) is 5.76 Å². The first-order valence-corrected chi connectivity index (χ1v) is 10.2. The fourth-order valence-corrected chi connectivity index (χ4v) is 3.80. The van der Waals surface area contributed by atoms with E-state index in [0.29, 0.717) is 23.5 Å². The Labute approximate surface area is 172 Å². The molecule has 7 heteroatoms. The molecule has 29 heavy (non-hydrogen) atoms. The van der Waals surface area contributed by atoms with Crippen molar-refractivity contribution in [3.05, 3.63) is 89.5 Å². The summed E-state index contributed by atoms with van der Waals surface area (Å²) >= 11 is 1.49. The van der Waals surface area contributed by atoms with Crippen molar-refractivity contribution >= 4 is 35.0 Å². The summed E-state index contributed by atoms with van der Waals surface area (Å²) in [6.45, 7) is 0.615. The molecule has 0 fully saturated rings. The number of fused-ring (bicyclic) bond motifs is 1. The summed E-state index contributed by atoms with van der Waals surface area (Å²) in [4.78, 5) is 30.6. The molecule has 3 heterocycles. The number of rotatable bonds is 6. The normalized spacial score (nSPS) is 12.9. The van der Waals surface area contributed by atoms with Crippen molar-refractivity contribution in [3.63, 3.8) is 0 Å². The fraction of sp³-hybridized carbons (Fsp3) is 0.136. The van der Waals surface area contributed by atoms with E-state index in [-0.39, 0.29) is 11.8 Å². The van der Waals surface area contributed by atoms with Gasteiger partial charge in [-0.25, -0.2) is 0 Å². The highest BCUT2D eigenvalue weighted by molar-refractivity contribution is 8.01. The minimum absolute atomic E-state index is 0.0647. The Hall–Kier alpha value is -3.32. The van der Waals surface area contributed by atoms with E-state index < -0.39 is 0 Å². The topological polar surface area (TPSA) is 75.4 Å². The number of thioether (sulfide) groups is 1. The van der Waals surface area contributed by atoms with E-state index in [9.17, 15) is 9.59 Å². The predicted octanol–water partition coefficient (Wildman–Crippen LogP) is 4.26. The first kappa shape index (κ1) is 19.0. The van der Waals surface area contributed by atoms with Crippen LogP contribution in [0.1, 0.15) is 21.7 Å². The lowest BCUT2D eigenvalue weighted by Crippen LogP contribution is -2.28. The van der Waals surface area contributed by atoms with E-state index in [1.807, 2.05) is 30.3 Å². The molecule has 1 aliphatic rings. The highest BCUT2D eigenvalue weighted by atomic mass is 32.2. The van der Waals surface area contributed by atoms with Gasteiger partial charge in [-0.1, -0.05) is 0 Å². The van der Waals surface area contributed by atoms with Crippen LogP contribution in [0.4, 0.5) is 11.4 Å². The van der Waals surface area contributed by atoms with Gasteiger partial charge in [0.05, 0.1) is 17.6 Å². The average molecular weight is 405 g/mol. The Bertz CT molecular complexity index is 1030. The van der Waals surface area contributed by atoms with Crippen LogP contribution in [-0.4, -0.2) is 23.3 Å². The lowest BCUT2D eigenvalue weighted by atomic mass is 10.1. The Kier molecular flexibility index (Phi) is 5.76. The summed E-state index contributed by atoms with van der Waals surface area (Å²) < 4.78 is 5.25. The summed E-state index contributed by atoms with van der Waals surface area (Å²) in [5, 5.41) is 4.61. The average Bonchev–Trinajstić information content (AvgIpc) is 3.41. The number of nitrogens with one attached hydrogen (secondary N) is 1. The zero-order chi connectivity index (χ0) is 20.1. The molecule has 0 aliphatic carbocycles. The van der Waals surface area contributed by atoms with Gasteiger partial charge in [0.15, 0.2) is 0 Å². The van der Waals surface area contributed by atoms with Gasteiger partial charge in [0, 0.05) is 36.4 Å². The van der Waals surface area contributed by atoms with Crippen LogP contribution in [0.3, 0.4) is 0 Å². The summed E-state index contributed by atoms with van der Waals surface area (Å²) in [6, 6.07) is 12.9. The molecule has 0 bridgehead atoms. The maximum Gasteiger partial charge on any atom is 0.259 e. The van der Waals surface area contributed by atoms with Crippen molar-refractivity contribution in [1.82, 2.24) is 4.98 Å². The molecule has 0 unspecified atom stereocenters. The van der Waals surface area contributed by atoms with Crippen LogP contribution in [0.2, 0.25) is 0 Å². The Morgan fingerprint density at radius 3 is 2.97 bits per heavy atom. The van der Waals surface area contributed by atoms with Crippen molar-refractivity contribution in [2.24, 2.45) is 0 Å². The van der Waals surface area contributed by atoms with Crippen LogP contribution in [0.15, 0.2) is 77.0 Å². The zero-order valence-corrected chi connectivity index (χ0v) is 16.4. The van der Waals surface area contributed by atoms with Crippen LogP contribution in [0, 0.1) is 0 Å². The predicted molar refractivity (Wildman–Crippen MR) is 114 cm³/mol. The molecule has 0 saturated carbocycles. The molecule has 2 amide bonds. The molecule has 6 nitrogen and oxygen atoms in total. The molecular formula is C22H19N3O3S. The maximum atomic E-state index is 12.7. The fourth-order valence-electron chi connectivity index (χ4n) is 3.15. The third kappa shape index (κ3) is 4.57. The Balaban J connectivity index is 1.36. The van der Waals surface area contributed by atoms with Crippen LogP contribution in [0.25, 0.3) is 0 Å². The summed E-state index contributed by atoms with van der Waals surface area (Å²) in [5.41, 5.74) is 3.19. The number of hydrogen-bond acceptors (Lipinski definition) is 5. The number of carbonyl (C=O) groups excluding carboxylic acids is 2. The SMILES string of the molecule is O=C(/C=C/SCc1ccco1)Nc1ccc2c(c1)CCN2C(=O)c1cccnc1.